The Morgan fingerprint density at radius 2 is 2.00 bits per heavy atom. The van der Waals surface area contributed by atoms with Crippen LogP contribution in [0.5, 0.6) is 5.75 Å². The van der Waals surface area contributed by atoms with Gasteiger partial charge in [0.2, 0.25) is 5.91 Å². The number of rotatable bonds is 5. The van der Waals surface area contributed by atoms with E-state index in [1.54, 1.807) is 12.1 Å². The highest BCUT2D eigenvalue weighted by molar-refractivity contribution is 5.76. The van der Waals surface area contributed by atoms with Crippen LogP contribution in [0.25, 0.3) is 0 Å². The molecule has 0 aromatic heterocycles. The van der Waals surface area contributed by atoms with Crippen molar-refractivity contribution in [3.63, 3.8) is 0 Å². The molecule has 130 valence electrons. The summed E-state index contributed by atoms with van der Waals surface area (Å²) in [6.45, 7) is 0. The molecule has 0 aliphatic heterocycles. The van der Waals surface area contributed by atoms with E-state index in [-0.39, 0.29) is 11.9 Å². The second-order valence-electron chi connectivity index (χ2n) is 6.98. The Morgan fingerprint density at radius 1 is 1.25 bits per heavy atom. The zero-order chi connectivity index (χ0) is 17.1. The molecule has 1 atom stereocenters. The standard InChI is InChI=1S/C19H25NO4/c1-20(18(21)11-6-13-4-2-3-5-13)17-10-8-14-7-9-15(12-16(14)17)24-19(22)23/h7,9,12-13,17H,2-6,8,10-11H2,1H3,(H,22,23)/t17-/m1/s1. The first kappa shape index (κ1) is 16.8. The van der Waals surface area contributed by atoms with Gasteiger partial charge in [-0.05, 0) is 48.4 Å². The van der Waals surface area contributed by atoms with Crippen LogP contribution in [0.15, 0.2) is 18.2 Å². The minimum absolute atomic E-state index is 0.0217. The maximum absolute atomic E-state index is 12.6. The number of hydrogen-bond acceptors (Lipinski definition) is 3. The Morgan fingerprint density at radius 3 is 2.71 bits per heavy atom. The van der Waals surface area contributed by atoms with E-state index in [9.17, 15) is 9.59 Å². The second-order valence-corrected chi connectivity index (χ2v) is 6.98. The summed E-state index contributed by atoms with van der Waals surface area (Å²) in [5, 5.41) is 8.77. The fourth-order valence-electron chi connectivity index (χ4n) is 4.10. The monoisotopic (exact) mass is 331 g/mol. The lowest BCUT2D eigenvalue weighted by atomic mass is 10.0. The highest BCUT2D eigenvalue weighted by Crippen LogP contribution is 2.38. The molecule has 0 unspecified atom stereocenters. The number of amides is 1. The fourth-order valence-corrected chi connectivity index (χ4v) is 4.10. The third kappa shape index (κ3) is 3.71. The summed E-state index contributed by atoms with van der Waals surface area (Å²) in [7, 11) is 1.86. The van der Waals surface area contributed by atoms with Gasteiger partial charge in [-0.1, -0.05) is 31.7 Å². The minimum atomic E-state index is -1.31. The maximum Gasteiger partial charge on any atom is 0.511 e. The normalized spacial score (nSPS) is 20.0. The summed E-state index contributed by atoms with van der Waals surface area (Å²) < 4.78 is 4.76. The lowest BCUT2D eigenvalue weighted by Crippen LogP contribution is -2.30. The topological polar surface area (TPSA) is 66.8 Å². The molecule has 1 aromatic rings. The smallest absolute Gasteiger partial charge is 0.449 e. The molecule has 1 aromatic carbocycles. The van der Waals surface area contributed by atoms with Gasteiger partial charge in [-0.15, -0.1) is 0 Å². The van der Waals surface area contributed by atoms with Gasteiger partial charge in [0.05, 0.1) is 6.04 Å². The molecule has 5 nitrogen and oxygen atoms in total. The Balaban J connectivity index is 1.65. The minimum Gasteiger partial charge on any atom is -0.449 e. The number of nitrogens with zero attached hydrogens (tertiary/aromatic N) is 1. The lowest BCUT2D eigenvalue weighted by Gasteiger charge is -2.26. The van der Waals surface area contributed by atoms with Crippen molar-refractivity contribution in [2.24, 2.45) is 5.92 Å². The first-order valence-corrected chi connectivity index (χ1v) is 8.84. The molecule has 0 saturated heterocycles. The van der Waals surface area contributed by atoms with Gasteiger partial charge in [0, 0.05) is 13.5 Å². The summed E-state index contributed by atoms with van der Waals surface area (Å²) in [5.41, 5.74) is 2.19. The van der Waals surface area contributed by atoms with E-state index < -0.39 is 6.16 Å². The van der Waals surface area contributed by atoms with Crippen LogP contribution in [0.1, 0.15) is 62.1 Å². The Labute approximate surface area is 142 Å². The average molecular weight is 331 g/mol. The Kier molecular flexibility index (Phi) is 5.07. The molecule has 24 heavy (non-hydrogen) atoms. The predicted octanol–water partition coefficient (Wildman–Crippen LogP) is 4.16. The van der Waals surface area contributed by atoms with Crippen LogP contribution in [0.4, 0.5) is 4.79 Å². The van der Waals surface area contributed by atoms with Crippen molar-refractivity contribution < 1.29 is 19.4 Å². The molecule has 3 rings (SSSR count). The maximum atomic E-state index is 12.6. The number of aryl methyl sites for hydroxylation is 1. The van der Waals surface area contributed by atoms with Crippen molar-refractivity contribution in [1.82, 2.24) is 4.90 Å². The summed E-state index contributed by atoms with van der Waals surface area (Å²) in [5.74, 6) is 1.22. The first-order valence-electron chi connectivity index (χ1n) is 8.84. The van der Waals surface area contributed by atoms with Gasteiger partial charge in [-0.3, -0.25) is 4.79 Å². The lowest BCUT2D eigenvalue weighted by molar-refractivity contribution is -0.132. The van der Waals surface area contributed by atoms with Crippen molar-refractivity contribution in [1.29, 1.82) is 0 Å². The van der Waals surface area contributed by atoms with Crippen LogP contribution in [-0.2, 0) is 11.2 Å². The summed E-state index contributed by atoms with van der Waals surface area (Å²) in [6, 6.07) is 5.37. The van der Waals surface area contributed by atoms with Crippen molar-refractivity contribution in [3.8, 4) is 5.75 Å². The van der Waals surface area contributed by atoms with E-state index in [4.69, 9.17) is 9.84 Å². The molecule has 5 heteroatoms. The van der Waals surface area contributed by atoms with Crippen LogP contribution < -0.4 is 4.74 Å². The zero-order valence-corrected chi connectivity index (χ0v) is 14.2. The molecular formula is C19H25NO4. The van der Waals surface area contributed by atoms with Crippen LogP contribution in [-0.4, -0.2) is 29.1 Å². The molecule has 1 amide bonds. The average Bonchev–Trinajstić information content (AvgIpc) is 3.20. The van der Waals surface area contributed by atoms with Gasteiger partial charge in [-0.25, -0.2) is 4.79 Å². The molecule has 0 heterocycles. The van der Waals surface area contributed by atoms with Crippen molar-refractivity contribution in [3.05, 3.63) is 29.3 Å². The van der Waals surface area contributed by atoms with E-state index in [2.05, 4.69) is 0 Å². The molecule has 1 saturated carbocycles. The van der Waals surface area contributed by atoms with Gasteiger partial charge in [0.15, 0.2) is 0 Å². The summed E-state index contributed by atoms with van der Waals surface area (Å²) in [6.07, 6.45) is 7.21. The van der Waals surface area contributed by atoms with Crippen LogP contribution in [0.3, 0.4) is 0 Å². The van der Waals surface area contributed by atoms with E-state index in [1.165, 1.54) is 31.2 Å². The van der Waals surface area contributed by atoms with E-state index in [0.717, 1.165) is 24.8 Å². The molecule has 2 aliphatic rings. The summed E-state index contributed by atoms with van der Waals surface area (Å²) >= 11 is 0. The van der Waals surface area contributed by atoms with Gasteiger partial charge >= 0.3 is 6.16 Å². The largest absolute Gasteiger partial charge is 0.511 e. The van der Waals surface area contributed by atoms with Gasteiger partial charge < -0.3 is 14.7 Å². The number of carboxylic acid groups (broad SMARTS) is 1. The molecule has 2 aliphatic carbocycles. The first-order chi connectivity index (χ1) is 11.5. The third-order valence-electron chi connectivity index (χ3n) is 5.47. The zero-order valence-electron chi connectivity index (χ0n) is 14.2. The SMILES string of the molecule is CN(C(=O)CCC1CCCC1)[C@@H]1CCc2ccc(OC(=O)O)cc21. The van der Waals surface area contributed by atoms with Gasteiger partial charge in [0.1, 0.15) is 5.75 Å². The molecule has 0 bridgehead atoms. The van der Waals surface area contributed by atoms with Crippen molar-refractivity contribution >= 4 is 12.1 Å². The molecule has 0 radical (unpaired) electrons. The van der Waals surface area contributed by atoms with E-state index in [0.29, 0.717) is 18.1 Å². The fraction of sp³-hybridized carbons (Fsp3) is 0.579. The van der Waals surface area contributed by atoms with Gasteiger partial charge in [-0.2, -0.15) is 0 Å². The number of carbonyl (C=O) groups is 2. The van der Waals surface area contributed by atoms with Gasteiger partial charge in [0.25, 0.3) is 0 Å². The highest BCUT2D eigenvalue weighted by atomic mass is 16.7. The van der Waals surface area contributed by atoms with E-state index >= 15 is 0 Å². The second kappa shape index (κ2) is 7.24. The van der Waals surface area contributed by atoms with E-state index in [1.807, 2.05) is 18.0 Å². The molecular weight excluding hydrogens is 306 g/mol. The van der Waals surface area contributed by atoms with Crippen molar-refractivity contribution in [2.45, 2.75) is 57.4 Å². The number of hydrogen-bond donors (Lipinski definition) is 1. The number of carbonyl (C=O) groups excluding carboxylic acids is 1. The number of ether oxygens (including phenoxy) is 1. The number of fused-ring (bicyclic) bond motifs is 1. The molecule has 1 N–H and O–H groups in total. The van der Waals surface area contributed by atoms with Crippen LogP contribution >= 0.6 is 0 Å². The number of benzene rings is 1. The van der Waals surface area contributed by atoms with Crippen molar-refractivity contribution in [2.75, 3.05) is 7.05 Å². The van der Waals surface area contributed by atoms with Crippen LogP contribution in [0, 0.1) is 5.92 Å². The van der Waals surface area contributed by atoms with Crippen LogP contribution in [0.2, 0.25) is 0 Å². The quantitative estimate of drug-likeness (QED) is 0.650. The third-order valence-corrected chi connectivity index (χ3v) is 5.47. The molecule has 1 fully saturated rings. The Bertz CT molecular complexity index is 622. The summed E-state index contributed by atoms with van der Waals surface area (Å²) in [4.78, 5) is 25.1. The highest BCUT2D eigenvalue weighted by Gasteiger charge is 2.29. The predicted molar refractivity (Wildman–Crippen MR) is 90.1 cm³/mol. The Hall–Kier alpha value is -2.04. The molecule has 0 spiro atoms.